The van der Waals surface area contributed by atoms with Crippen molar-refractivity contribution < 1.29 is 111 Å². The molecule has 0 heterocycles. The Bertz CT molecular complexity index is 70.2. The van der Waals surface area contributed by atoms with Gasteiger partial charge in [0.05, 0.1) is 0 Å². The van der Waals surface area contributed by atoms with Gasteiger partial charge in [0.15, 0.2) is 0 Å². The monoisotopic (exact) mass is 181 g/mol. The molecule has 0 saturated carbocycles. The van der Waals surface area contributed by atoms with E-state index >= 15 is 0 Å². The van der Waals surface area contributed by atoms with Gasteiger partial charge in [0, 0.05) is 0 Å². The molecule has 0 amide bonds. The van der Waals surface area contributed by atoms with E-state index in [1.54, 1.807) is 0 Å². The fourth-order valence-electron chi connectivity index (χ4n) is 0. The molecule has 0 aromatic heterocycles. The Morgan fingerprint density at radius 3 is 1.43 bits per heavy atom. The number of hydrogen-bond acceptors (Lipinski definition) is 3. The van der Waals surface area contributed by atoms with Crippen LogP contribution in [0.2, 0.25) is 0 Å². The van der Waals surface area contributed by atoms with Crippen LogP contribution in [-0.2, 0) is 22.7 Å². The van der Waals surface area contributed by atoms with Crippen molar-refractivity contribution in [1.29, 1.82) is 0 Å². The van der Waals surface area contributed by atoms with Crippen LogP contribution in [0, 0.1) is 0 Å². The van der Waals surface area contributed by atoms with Gasteiger partial charge in [-0.1, -0.05) is 0 Å². The molecule has 0 aromatic rings. The molecule has 0 aliphatic carbocycles. The second kappa shape index (κ2) is 15.9. The first-order valence-corrected chi connectivity index (χ1v) is 2.33. The van der Waals surface area contributed by atoms with Crippen molar-refractivity contribution in [3.63, 3.8) is 0 Å². The van der Waals surface area contributed by atoms with Crippen LogP contribution in [-0.4, -0.2) is 4.03 Å². The normalized spacial score (nSPS) is 3.57. The maximum atomic E-state index is 8.67. The van der Waals surface area contributed by atoms with Crippen molar-refractivity contribution in [2.75, 3.05) is 0 Å². The van der Waals surface area contributed by atoms with Crippen molar-refractivity contribution in [3.8, 4) is 0 Å². The molecular formula is H6KNNaO3V. The Balaban J connectivity index is -0.00000000450. The third-order valence-corrected chi connectivity index (χ3v) is 0. The van der Waals surface area contributed by atoms with Gasteiger partial charge in [0.25, 0.3) is 0 Å². The van der Waals surface area contributed by atoms with Gasteiger partial charge in [0.1, 0.15) is 0 Å². The predicted octanol–water partition coefficient (Wildman–Crippen LogP) is -6.40. The van der Waals surface area contributed by atoms with Crippen LogP contribution >= 0.6 is 0 Å². The van der Waals surface area contributed by atoms with E-state index in [-0.39, 0.29) is 89.9 Å². The van der Waals surface area contributed by atoms with Crippen LogP contribution in [0.1, 0.15) is 2.85 Å². The Labute approximate surface area is 114 Å². The summed E-state index contributed by atoms with van der Waals surface area (Å²) in [6.45, 7) is 0. The predicted molar refractivity (Wildman–Crippen MR) is 10.8 cm³/mol. The number of hydrogen-bond donors (Lipinski definition) is 2. The molecule has 36 valence electrons. The topological polar surface area (TPSA) is 89.4 Å². The Hall–Kier alpha value is 2.74. The third-order valence-electron chi connectivity index (χ3n) is 0. The van der Waals surface area contributed by atoms with Gasteiger partial charge < -0.3 is 9.00 Å². The zero-order valence-electron chi connectivity index (χ0n) is 6.42. The molecular weight excluding hydrogens is 175 g/mol. The summed E-state index contributed by atoms with van der Waals surface area (Å²) < 4.78 is 24.4. The van der Waals surface area contributed by atoms with Crippen molar-refractivity contribution >= 4 is 0 Å². The van der Waals surface area contributed by atoms with Gasteiger partial charge in [-0.05, 0) is 0 Å². The SMILES string of the molecule is N.[H-].[H-].[K+].[Na+].[O]=[V](=[O])[OH]. The van der Waals surface area contributed by atoms with E-state index in [9.17, 15) is 0 Å². The standard InChI is InChI=1S/K.H3N.Na.H2O.2O.V.2H/h;1H3;;1H2;;;;;/q+1;;+1;;;;+1;2*-1/p-1. The van der Waals surface area contributed by atoms with Crippen molar-refractivity contribution in [2.24, 2.45) is 0 Å². The Morgan fingerprint density at radius 1 is 1.43 bits per heavy atom. The second-order valence-corrected chi connectivity index (χ2v) is 0.981. The van der Waals surface area contributed by atoms with Gasteiger partial charge >= 0.3 is 108 Å². The first-order chi connectivity index (χ1) is 1.73. The summed E-state index contributed by atoms with van der Waals surface area (Å²) in [5.41, 5.74) is 0. The van der Waals surface area contributed by atoms with Gasteiger partial charge in [-0.25, -0.2) is 0 Å². The van der Waals surface area contributed by atoms with E-state index in [1.165, 1.54) is 0 Å². The average Bonchev–Trinajstić information content (AvgIpc) is 0.811. The van der Waals surface area contributed by atoms with E-state index < -0.39 is 15.4 Å². The summed E-state index contributed by atoms with van der Waals surface area (Å²) in [4.78, 5) is 0. The molecule has 0 saturated heterocycles. The molecule has 7 heteroatoms. The number of rotatable bonds is 0. The van der Waals surface area contributed by atoms with E-state index in [1.807, 2.05) is 0 Å². The van der Waals surface area contributed by atoms with Crippen LogP contribution in [0.25, 0.3) is 0 Å². The van der Waals surface area contributed by atoms with Gasteiger partial charge in [-0.3, -0.25) is 0 Å². The fraction of sp³-hybridized carbons (Fsp3) is 0. The minimum atomic E-state index is -3.69. The molecule has 0 atom stereocenters. The second-order valence-electron chi connectivity index (χ2n) is 0.238. The minimum absolute atomic E-state index is 0. The van der Waals surface area contributed by atoms with Crippen molar-refractivity contribution in [2.45, 2.75) is 0 Å². The van der Waals surface area contributed by atoms with Crippen molar-refractivity contribution in [3.05, 3.63) is 0 Å². The van der Waals surface area contributed by atoms with Gasteiger partial charge in [0.2, 0.25) is 0 Å². The molecule has 0 unspecified atom stereocenters. The van der Waals surface area contributed by atoms with Crippen LogP contribution in [0.3, 0.4) is 0 Å². The molecule has 0 fully saturated rings. The van der Waals surface area contributed by atoms with Gasteiger partial charge in [-0.2, -0.15) is 0 Å². The molecule has 4 N–H and O–H groups in total. The molecule has 7 heavy (non-hydrogen) atoms. The maximum absolute atomic E-state index is 8.67. The first kappa shape index (κ1) is 22.6. The van der Waals surface area contributed by atoms with E-state index in [0.29, 0.717) is 0 Å². The zero-order valence-corrected chi connectivity index (χ0v) is 10.9. The first-order valence-electron chi connectivity index (χ1n) is 0.565. The zero-order chi connectivity index (χ0) is 3.58. The summed E-state index contributed by atoms with van der Waals surface area (Å²) in [5, 5.41) is 0. The molecule has 0 bridgehead atoms. The summed E-state index contributed by atoms with van der Waals surface area (Å²) >= 11 is -3.69. The van der Waals surface area contributed by atoms with E-state index in [0.717, 1.165) is 0 Å². The van der Waals surface area contributed by atoms with E-state index in [2.05, 4.69) is 0 Å². The molecule has 0 aliphatic heterocycles. The molecule has 4 nitrogen and oxygen atoms in total. The molecule has 0 radical (unpaired) electrons. The summed E-state index contributed by atoms with van der Waals surface area (Å²) in [6, 6.07) is 0. The third kappa shape index (κ3) is 52.9. The average molecular weight is 181 g/mol. The van der Waals surface area contributed by atoms with Gasteiger partial charge in [-0.15, -0.1) is 0 Å². The fourth-order valence-corrected chi connectivity index (χ4v) is 0. The Morgan fingerprint density at radius 2 is 1.43 bits per heavy atom. The van der Waals surface area contributed by atoms with Crippen LogP contribution in [0.15, 0.2) is 0 Å². The van der Waals surface area contributed by atoms with Crippen LogP contribution < -0.4 is 87.1 Å². The molecule has 0 aliphatic rings. The summed E-state index contributed by atoms with van der Waals surface area (Å²) in [6.07, 6.45) is 0. The summed E-state index contributed by atoms with van der Waals surface area (Å²) in [7, 11) is 0. The molecule has 0 spiro atoms. The quantitative estimate of drug-likeness (QED) is 0.364. The van der Waals surface area contributed by atoms with E-state index in [4.69, 9.17) is 11.4 Å². The molecule has 0 aromatic carbocycles. The van der Waals surface area contributed by atoms with Crippen LogP contribution in [0.5, 0.6) is 0 Å². The van der Waals surface area contributed by atoms with Crippen LogP contribution in [0.4, 0.5) is 0 Å². The molecule has 0 rings (SSSR count). The summed E-state index contributed by atoms with van der Waals surface area (Å²) in [5.74, 6) is 0. The van der Waals surface area contributed by atoms with Crippen molar-refractivity contribution in [1.82, 2.24) is 6.15 Å². The Kier molecular flexibility index (Phi) is 51.3.